The van der Waals surface area contributed by atoms with Crippen molar-refractivity contribution in [3.63, 3.8) is 0 Å². The Morgan fingerprint density at radius 2 is 1.94 bits per heavy atom. The monoisotopic (exact) mass is 231 g/mol. The summed E-state index contributed by atoms with van der Waals surface area (Å²) in [5.74, 6) is -0.451. The molecule has 2 aliphatic rings. The molecule has 1 N–H and O–H groups in total. The molecule has 4 nitrogen and oxygen atoms in total. The van der Waals surface area contributed by atoms with E-state index in [1.165, 1.54) is 4.90 Å². The number of carbonyl (C=O) groups excluding carboxylic acids is 1. The first kappa shape index (κ1) is 10.3. The summed E-state index contributed by atoms with van der Waals surface area (Å²) in [4.78, 5) is 24.9. The van der Waals surface area contributed by atoms with Gasteiger partial charge in [0, 0.05) is 12.1 Å². The van der Waals surface area contributed by atoms with Gasteiger partial charge in [-0.25, -0.2) is 4.79 Å². The highest BCUT2D eigenvalue weighted by Crippen LogP contribution is 2.49. The molecule has 3 unspecified atom stereocenters. The SMILES string of the molecule is O=C(O)C1C2CC2CN1C(=O)c1ccccc1. The first-order valence-electron chi connectivity index (χ1n) is 5.77. The van der Waals surface area contributed by atoms with E-state index in [2.05, 4.69) is 0 Å². The molecule has 3 rings (SSSR count). The summed E-state index contributed by atoms with van der Waals surface area (Å²) in [5.41, 5.74) is 0.569. The smallest absolute Gasteiger partial charge is 0.326 e. The molecule has 88 valence electrons. The molecule has 1 saturated heterocycles. The van der Waals surface area contributed by atoms with Crippen LogP contribution >= 0.6 is 0 Å². The molecule has 0 radical (unpaired) electrons. The van der Waals surface area contributed by atoms with Crippen LogP contribution in [0.5, 0.6) is 0 Å². The highest BCUT2D eigenvalue weighted by Gasteiger charge is 2.57. The van der Waals surface area contributed by atoms with E-state index in [1.54, 1.807) is 24.3 Å². The first-order valence-corrected chi connectivity index (χ1v) is 5.77. The zero-order valence-corrected chi connectivity index (χ0v) is 9.24. The number of likely N-dealkylation sites (tertiary alicyclic amines) is 1. The Bertz CT molecular complexity index is 471. The highest BCUT2D eigenvalue weighted by atomic mass is 16.4. The number of benzene rings is 1. The topological polar surface area (TPSA) is 57.6 Å². The number of aliphatic carboxylic acids is 1. The lowest BCUT2D eigenvalue weighted by molar-refractivity contribution is -0.142. The highest BCUT2D eigenvalue weighted by molar-refractivity contribution is 5.97. The van der Waals surface area contributed by atoms with E-state index in [0.717, 1.165) is 6.42 Å². The molecular weight excluding hydrogens is 218 g/mol. The molecule has 0 aromatic heterocycles. The minimum absolute atomic E-state index is 0.162. The van der Waals surface area contributed by atoms with Crippen LogP contribution in [0.15, 0.2) is 30.3 Å². The van der Waals surface area contributed by atoms with Crippen LogP contribution in [0, 0.1) is 11.8 Å². The summed E-state index contributed by atoms with van der Waals surface area (Å²) < 4.78 is 0. The molecule has 0 bridgehead atoms. The van der Waals surface area contributed by atoms with Crippen LogP contribution in [0.3, 0.4) is 0 Å². The van der Waals surface area contributed by atoms with Gasteiger partial charge in [0.2, 0.25) is 0 Å². The quantitative estimate of drug-likeness (QED) is 0.832. The number of rotatable bonds is 2. The Labute approximate surface area is 98.9 Å². The third-order valence-corrected chi connectivity index (χ3v) is 3.68. The van der Waals surface area contributed by atoms with Crippen molar-refractivity contribution >= 4 is 11.9 Å². The standard InChI is InChI=1S/C13H13NO3/c15-12(8-4-2-1-3-5-8)14-7-9-6-10(9)11(14)13(16)17/h1-5,9-11H,6-7H2,(H,16,17). The van der Waals surface area contributed by atoms with Crippen molar-refractivity contribution in [2.45, 2.75) is 12.5 Å². The minimum atomic E-state index is -0.876. The van der Waals surface area contributed by atoms with Gasteiger partial charge in [0.25, 0.3) is 5.91 Å². The molecule has 1 heterocycles. The van der Waals surface area contributed by atoms with Gasteiger partial charge in [0.15, 0.2) is 0 Å². The summed E-state index contributed by atoms with van der Waals surface area (Å²) in [5, 5.41) is 9.18. The van der Waals surface area contributed by atoms with Gasteiger partial charge < -0.3 is 10.0 Å². The average molecular weight is 231 g/mol. The third-order valence-electron chi connectivity index (χ3n) is 3.68. The van der Waals surface area contributed by atoms with Crippen molar-refractivity contribution in [1.29, 1.82) is 0 Å². The molecule has 1 amide bonds. The molecule has 2 fully saturated rings. The van der Waals surface area contributed by atoms with Crippen LogP contribution in [0.2, 0.25) is 0 Å². The molecule has 0 spiro atoms. The number of fused-ring (bicyclic) bond motifs is 1. The van der Waals surface area contributed by atoms with Gasteiger partial charge in [-0.15, -0.1) is 0 Å². The summed E-state index contributed by atoms with van der Waals surface area (Å²) in [6.45, 7) is 0.593. The van der Waals surface area contributed by atoms with Crippen LogP contribution in [-0.4, -0.2) is 34.5 Å². The van der Waals surface area contributed by atoms with Crippen molar-refractivity contribution in [3.05, 3.63) is 35.9 Å². The lowest BCUT2D eigenvalue weighted by Crippen LogP contribution is -2.43. The van der Waals surface area contributed by atoms with Gasteiger partial charge in [-0.05, 0) is 30.4 Å². The maximum atomic E-state index is 12.2. The predicted octanol–water partition coefficient (Wildman–Crippen LogP) is 1.23. The average Bonchev–Trinajstić information content (AvgIpc) is 2.99. The normalized spacial score (nSPS) is 29.9. The fourth-order valence-electron chi connectivity index (χ4n) is 2.74. The Morgan fingerprint density at radius 3 is 2.59 bits per heavy atom. The summed E-state index contributed by atoms with van der Waals surface area (Å²) >= 11 is 0. The number of nitrogens with zero attached hydrogens (tertiary/aromatic N) is 1. The fourth-order valence-corrected chi connectivity index (χ4v) is 2.74. The fraction of sp³-hybridized carbons (Fsp3) is 0.385. The zero-order chi connectivity index (χ0) is 12.0. The van der Waals surface area contributed by atoms with Crippen LogP contribution in [0.4, 0.5) is 0 Å². The van der Waals surface area contributed by atoms with Crippen LogP contribution < -0.4 is 0 Å². The van der Waals surface area contributed by atoms with Crippen LogP contribution in [-0.2, 0) is 4.79 Å². The molecule has 1 aromatic rings. The third kappa shape index (κ3) is 1.60. The van der Waals surface area contributed by atoms with Crippen molar-refractivity contribution < 1.29 is 14.7 Å². The molecule has 1 aliphatic carbocycles. The van der Waals surface area contributed by atoms with Crippen molar-refractivity contribution in [3.8, 4) is 0 Å². The molecule has 4 heteroatoms. The zero-order valence-electron chi connectivity index (χ0n) is 9.24. The van der Waals surface area contributed by atoms with Gasteiger partial charge in [-0.1, -0.05) is 18.2 Å². The second-order valence-electron chi connectivity index (χ2n) is 4.77. The largest absolute Gasteiger partial charge is 0.480 e. The number of amides is 1. The molecular formula is C13H13NO3. The maximum absolute atomic E-state index is 12.2. The van der Waals surface area contributed by atoms with Crippen LogP contribution in [0.25, 0.3) is 0 Å². The number of piperidine rings is 1. The van der Waals surface area contributed by atoms with E-state index >= 15 is 0 Å². The van der Waals surface area contributed by atoms with E-state index in [-0.39, 0.29) is 11.8 Å². The van der Waals surface area contributed by atoms with E-state index in [9.17, 15) is 14.7 Å². The summed E-state index contributed by atoms with van der Waals surface area (Å²) in [6, 6.07) is 8.26. The lowest BCUT2D eigenvalue weighted by atomic mass is 10.1. The minimum Gasteiger partial charge on any atom is -0.480 e. The van der Waals surface area contributed by atoms with Crippen molar-refractivity contribution in [2.75, 3.05) is 6.54 Å². The Hall–Kier alpha value is -1.84. The van der Waals surface area contributed by atoms with E-state index in [1.807, 2.05) is 6.07 Å². The number of hydrogen-bond acceptors (Lipinski definition) is 2. The molecule has 1 aromatic carbocycles. The Morgan fingerprint density at radius 1 is 1.24 bits per heavy atom. The van der Waals surface area contributed by atoms with Crippen molar-refractivity contribution in [1.82, 2.24) is 4.90 Å². The second kappa shape index (κ2) is 3.58. The van der Waals surface area contributed by atoms with E-state index < -0.39 is 12.0 Å². The van der Waals surface area contributed by atoms with E-state index in [4.69, 9.17) is 0 Å². The predicted molar refractivity (Wildman–Crippen MR) is 60.5 cm³/mol. The number of carboxylic acids is 1. The summed E-state index contributed by atoms with van der Waals surface area (Å²) in [6.07, 6.45) is 0.954. The second-order valence-corrected chi connectivity index (χ2v) is 4.77. The number of hydrogen-bond donors (Lipinski definition) is 1. The van der Waals surface area contributed by atoms with Crippen LogP contribution in [0.1, 0.15) is 16.8 Å². The molecule has 17 heavy (non-hydrogen) atoms. The Balaban J connectivity index is 1.85. The maximum Gasteiger partial charge on any atom is 0.326 e. The molecule has 1 saturated carbocycles. The molecule has 3 atom stereocenters. The number of carbonyl (C=O) groups is 2. The van der Waals surface area contributed by atoms with Gasteiger partial charge in [0.05, 0.1) is 0 Å². The number of carboxylic acid groups (broad SMARTS) is 1. The van der Waals surface area contributed by atoms with Crippen molar-refractivity contribution in [2.24, 2.45) is 11.8 Å². The van der Waals surface area contributed by atoms with Gasteiger partial charge in [0.1, 0.15) is 6.04 Å². The van der Waals surface area contributed by atoms with E-state index in [0.29, 0.717) is 18.0 Å². The lowest BCUT2D eigenvalue weighted by Gasteiger charge is -2.24. The van der Waals surface area contributed by atoms with Gasteiger partial charge in [-0.3, -0.25) is 4.79 Å². The van der Waals surface area contributed by atoms with Gasteiger partial charge in [-0.2, -0.15) is 0 Å². The van der Waals surface area contributed by atoms with Gasteiger partial charge >= 0.3 is 5.97 Å². The first-order chi connectivity index (χ1) is 8.18. The Kier molecular flexibility index (Phi) is 2.18. The summed E-state index contributed by atoms with van der Waals surface area (Å²) in [7, 11) is 0. The molecule has 1 aliphatic heterocycles.